The van der Waals surface area contributed by atoms with Crippen molar-refractivity contribution in [1.29, 1.82) is 0 Å². The Morgan fingerprint density at radius 1 is 0.935 bits per heavy atom. The number of rotatable bonds is 6. The van der Waals surface area contributed by atoms with E-state index < -0.39 is 0 Å². The molecule has 0 aliphatic rings. The molecule has 1 atom stereocenters. The molecule has 31 heavy (non-hydrogen) atoms. The van der Waals surface area contributed by atoms with Crippen LogP contribution in [0.2, 0.25) is 5.02 Å². The van der Waals surface area contributed by atoms with Crippen molar-refractivity contribution in [3.8, 4) is 0 Å². The Bertz CT molecular complexity index is 1090. The van der Waals surface area contributed by atoms with E-state index in [0.29, 0.717) is 10.1 Å². The topological polar surface area (TPSA) is 53.2 Å². The molecule has 3 rings (SSSR count). The number of aryl methyl sites for hydroxylation is 2. The number of carbonyl (C=O) groups excluding carboxylic acids is 1. The van der Waals surface area contributed by atoms with Gasteiger partial charge in [0.15, 0.2) is 5.11 Å². The summed E-state index contributed by atoms with van der Waals surface area (Å²) >= 11 is 12.9. The highest BCUT2D eigenvalue weighted by molar-refractivity contribution is 8.00. The van der Waals surface area contributed by atoms with Gasteiger partial charge in [-0.2, -0.15) is 0 Å². The van der Waals surface area contributed by atoms with E-state index in [4.69, 9.17) is 23.8 Å². The van der Waals surface area contributed by atoms with Crippen LogP contribution in [0.1, 0.15) is 18.1 Å². The highest BCUT2D eigenvalue weighted by Crippen LogP contribution is 2.28. The summed E-state index contributed by atoms with van der Waals surface area (Å²) in [5, 5.41) is 10.1. The van der Waals surface area contributed by atoms with E-state index in [1.165, 1.54) is 17.3 Å². The molecule has 0 aromatic heterocycles. The Kier molecular flexibility index (Phi) is 7.96. The predicted molar refractivity (Wildman–Crippen MR) is 138 cm³/mol. The molecule has 0 aliphatic heterocycles. The fraction of sp³-hybridized carbons (Fsp3) is 0.167. The first-order valence-corrected chi connectivity index (χ1v) is 11.4. The maximum absolute atomic E-state index is 12.6. The standard InChI is InChI=1S/C24H24ClN3OS2/c1-15-7-11-19(12-8-15)26-24(30)27-20-5-4-6-21(14-20)31-17(3)23(29)28-22-13-18(25)10-9-16(22)2/h4-14,17H,1-3H3,(H,28,29)(H2,26,27,30). The van der Waals surface area contributed by atoms with Gasteiger partial charge in [0.2, 0.25) is 5.91 Å². The zero-order chi connectivity index (χ0) is 22.4. The lowest BCUT2D eigenvalue weighted by Crippen LogP contribution is -2.23. The van der Waals surface area contributed by atoms with Crippen LogP contribution >= 0.6 is 35.6 Å². The van der Waals surface area contributed by atoms with Crippen molar-refractivity contribution >= 4 is 63.7 Å². The highest BCUT2D eigenvalue weighted by atomic mass is 35.5. The second-order valence-electron chi connectivity index (χ2n) is 7.18. The van der Waals surface area contributed by atoms with Gasteiger partial charge in [-0.3, -0.25) is 4.79 Å². The predicted octanol–water partition coefficient (Wildman–Crippen LogP) is 6.89. The maximum atomic E-state index is 12.6. The number of halogens is 1. The van der Waals surface area contributed by atoms with E-state index in [1.54, 1.807) is 12.1 Å². The van der Waals surface area contributed by atoms with Crippen molar-refractivity contribution in [2.75, 3.05) is 16.0 Å². The molecule has 0 radical (unpaired) electrons. The average molecular weight is 470 g/mol. The van der Waals surface area contributed by atoms with Gasteiger partial charge in [0, 0.05) is 27.0 Å². The van der Waals surface area contributed by atoms with Crippen LogP contribution in [0.25, 0.3) is 0 Å². The van der Waals surface area contributed by atoms with Crippen molar-refractivity contribution in [2.45, 2.75) is 30.9 Å². The molecule has 0 saturated carbocycles. The number of anilines is 3. The minimum Gasteiger partial charge on any atom is -0.332 e. The quantitative estimate of drug-likeness (QED) is 0.271. The van der Waals surface area contributed by atoms with Crippen LogP contribution in [-0.4, -0.2) is 16.3 Å². The summed E-state index contributed by atoms with van der Waals surface area (Å²) < 4.78 is 0. The Balaban J connectivity index is 1.59. The summed E-state index contributed by atoms with van der Waals surface area (Å²) in [5.74, 6) is -0.0784. The smallest absolute Gasteiger partial charge is 0.237 e. The minimum atomic E-state index is -0.286. The molecule has 3 aromatic carbocycles. The normalized spacial score (nSPS) is 11.5. The number of hydrogen-bond acceptors (Lipinski definition) is 3. The number of amides is 1. The van der Waals surface area contributed by atoms with E-state index >= 15 is 0 Å². The first-order chi connectivity index (χ1) is 14.8. The van der Waals surface area contributed by atoms with Crippen molar-refractivity contribution in [3.63, 3.8) is 0 Å². The van der Waals surface area contributed by atoms with Gasteiger partial charge in [0.05, 0.1) is 5.25 Å². The number of carbonyl (C=O) groups is 1. The van der Waals surface area contributed by atoms with Crippen LogP contribution in [0, 0.1) is 13.8 Å². The van der Waals surface area contributed by atoms with Crippen LogP contribution in [0.15, 0.2) is 71.6 Å². The van der Waals surface area contributed by atoms with Crippen molar-refractivity contribution in [2.24, 2.45) is 0 Å². The molecule has 3 N–H and O–H groups in total. The molecular weight excluding hydrogens is 446 g/mol. The molecule has 1 amide bonds. The van der Waals surface area contributed by atoms with Crippen LogP contribution in [-0.2, 0) is 4.79 Å². The van der Waals surface area contributed by atoms with Crippen LogP contribution < -0.4 is 16.0 Å². The summed E-state index contributed by atoms with van der Waals surface area (Å²) in [6.07, 6.45) is 0. The Morgan fingerprint density at radius 2 is 1.65 bits per heavy atom. The lowest BCUT2D eigenvalue weighted by molar-refractivity contribution is -0.115. The molecule has 0 saturated heterocycles. The molecule has 0 fully saturated rings. The molecule has 0 aliphatic carbocycles. The third kappa shape index (κ3) is 6.99. The summed E-state index contributed by atoms with van der Waals surface area (Å²) in [6, 6.07) is 21.3. The summed E-state index contributed by atoms with van der Waals surface area (Å²) in [4.78, 5) is 13.6. The van der Waals surface area contributed by atoms with E-state index in [1.807, 2.05) is 75.4 Å². The Labute approximate surface area is 197 Å². The third-order valence-corrected chi connectivity index (χ3v) is 6.07. The van der Waals surface area contributed by atoms with Crippen LogP contribution in [0.5, 0.6) is 0 Å². The average Bonchev–Trinajstić information content (AvgIpc) is 2.72. The monoisotopic (exact) mass is 469 g/mol. The second-order valence-corrected chi connectivity index (χ2v) is 9.44. The number of hydrogen-bond donors (Lipinski definition) is 3. The van der Waals surface area contributed by atoms with Gasteiger partial charge >= 0.3 is 0 Å². The van der Waals surface area contributed by atoms with Gasteiger partial charge in [0.1, 0.15) is 0 Å². The van der Waals surface area contributed by atoms with Gasteiger partial charge in [-0.25, -0.2) is 0 Å². The summed E-state index contributed by atoms with van der Waals surface area (Å²) in [6.45, 7) is 5.86. The fourth-order valence-corrected chi connectivity index (χ4v) is 4.13. The minimum absolute atomic E-state index is 0.0784. The number of thioether (sulfide) groups is 1. The van der Waals surface area contributed by atoms with Gasteiger partial charge in [-0.1, -0.05) is 41.4 Å². The second kappa shape index (κ2) is 10.7. The molecular formula is C24H24ClN3OS2. The molecule has 160 valence electrons. The van der Waals surface area contributed by atoms with Crippen molar-refractivity contribution < 1.29 is 4.79 Å². The molecule has 0 spiro atoms. The van der Waals surface area contributed by atoms with E-state index in [-0.39, 0.29) is 11.2 Å². The number of thiocarbonyl (C=S) groups is 1. The highest BCUT2D eigenvalue weighted by Gasteiger charge is 2.16. The Morgan fingerprint density at radius 3 is 2.39 bits per heavy atom. The molecule has 1 unspecified atom stereocenters. The number of benzene rings is 3. The molecule has 0 heterocycles. The van der Waals surface area contributed by atoms with Crippen LogP contribution in [0.3, 0.4) is 0 Å². The zero-order valence-electron chi connectivity index (χ0n) is 17.5. The van der Waals surface area contributed by atoms with Crippen molar-refractivity contribution in [1.82, 2.24) is 0 Å². The SMILES string of the molecule is Cc1ccc(NC(=S)Nc2cccc(SC(C)C(=O)Nc3cc(Cl)ccc3C)c2)cc1. The number of nitrogens with one attached hydrogen (secondary N) is 3. The summed E-state index contributed by atoms with van der Waals surface area (Å²) in [5.41, 5.74) is 4.67. The third-order valence-electron chi connectivity index (χ3n) is 4.54. The van der Waals surface area contributed by atoms with Gasteiger partial charge in [0.25, 0.3) is 0 Å². The lowest BCUT2D eigenvalue weighted by atomic mass is 10.2. The largest absolute Gasteiger partial charge is 0.332 e. The zero-order valence-corrected chi connectivity index (χ0v) is 19.9. The van der Waals surface area contributed by atoms with Gasteiger partial charge < -0.3 is 16.0 Å². The first kappa shape index (κ1) is 23.1. The van der Waals surface area contributed by atoms with E-state index in [0.717, 1.165) is 27.5 Å². The van der Waals surface area contributed by atoms with Crippen LogP contribution in [0.4, 0.5) is 17.1 Å². The van der Waals surface area contributed by atoms with Crippen molar-refractivity contribution in [3.05, 3.63) is 82.9 Å². The molecule has 0 bridgehead atoms. The maximum Gasteiger partial charge on any atom is 0.237 e. The van der Waals surface area contributed by atoms with E-state index in [9.17, 15) is 4.79 Å². The van der Waals surface area contributed by atoms with Gasteiger partial charge in [-0.15, -0.1) is 11.8 Å². The lowest BCUT2D eigenvalue weighted by Gasteiger charge is -2.15. The Hall–Kier alpha value is -2.54. The fourth-order valence-electron chi connectivity index (χ4n) is 2.80. The molecule has 7 heteroatoms. The molecule has 3 aromatic rings. The van der Waals surface area contributed by atoms with Gasteiger partial charge in [-0.05, 0) is 81.0 Å². The summed E-state index contributed by atoms with van der Waals surface area (Å²) in [7, 11) is 0. The molecule has 4 nitrogen and oxygen atoms in total. The van der Waals surface area contributed by atoms with E-state index in [2.05, 4.69) is 16.0 Å². The first-order valence-electron chi connectivity index (χ1n) is 9.78.